The Balaban J connectivity index is 3.19. The largest absolute Gasteiger partial charge is 0.240 e. The molecule has 0 atom stereocenters. The number of hydrogen-bond donors (Lipinski definition) is 2. The van der Waals surface area contributed by atoms with Crippen LogP contribution in [0.5, 0.6) is 0 Å². The number of rotatable bonds is 3. The van der Waals surface area contributed by atoms with Crippen LogP contribution in [0.1, 0.15) is 0 Å². The average molecular weight is 235 g/mol. The van der Waals surface area contributed by atoms with Gasteiger partial charge in [0.25, 0.3) is 0 Å². The molecule has 5 nitrogen and oxygen atoms in total. The topological polar surface area (TPSA) is 80.3 Å². The van der Waals surface area contributed by atoms with Gasteiger partial charge in [0, 0.05) is 0 Å². The lowest BCUT2D eigenvalue weighted by Gasteiger charge is -2.01. The first kappa shape index (κ1) is 11.2. The zero-order chi connectivity index (χ0) is 10.8. The van der Waals surface area contributed by atoms with Crippen LogP contribution in [-0.2, 0) is 20.7 Å². The summed E-state index contributed by atoms with van der Waals surface area (Å²) < 4.78 is 45.6. The van der Waals surface area contributed by atoms with Crippen molar-refractivity contribution in [2.24, 2.45) is 0 Å². The highest BCUT2D eigenvalue weighted by Gasteiger charge is 2.10. The van der Waals surface area contributed by atoms with E-state index in [1.807, 2.05) is 0 Å². The molecule has 0 heterocycles. The van der Waals surface area contributed by atoms with Crippen molar-refractivity contribution in [1.82, 2.24) is 4.72 Å². The van der Waals surface area contributed by atoms with Gasteiger partial charge in [0.05, 0.1) is 9.79 Å². The van der Waals surface area contributed by atoms with Crippen molar-refractivity contribution in [2.75, 3.05) is 7.05 Å². The minimum Gasteiger partial charge on any atom is -0.227 e. The van der Waals surface area contributed by atoms with Crippen molar-refractivity contribution in [2.45, 2.75) is 9.79 Å². The third kappa shape index (κ3) is 2.31. The number of benzene rings is 1. The second kappa shape index (κ2) is 4.07. The molecule has 0 spiro atoms. The van der Waals surface area contributed by atoms with Crippen LogP contribution in [0.2, 0.25) is 0 Å². The summed E-state index contributed by atoms with van der Waals surface area (Å²) in [7, 11) is -4.86. The monoisotopic (exact) mass is 235 g/mol. The second-order valence-corrected chi connectivity index (χ2v) is 5.38. The quantitative estimate of drug-likeness (QED) is 0.696. The van der Waals surface area contributed by atoms with Gasteiger partial charge < -0.3 is 0 Å². The smallest absolute Gasteiger partial charge is 0.227 e. The van der Waals surface area contributed by atoms with E-state index in [2.05, 4.69) is 4.72 Å². The summed E-state index contributed by atoms with van der Waals surface area (Å²) in [6, 6.07) is 4.98. The normalized spacial score (nSPS) is 11.9. The number of nitrogens with one attached hydrogen (secondary N) is 1. The molecule has 0 saturated carbocycles. The molecule has 0 aliphatic rings. The van der Waals surface area contributed by atoms with Crippen LogP contribution in [-0.4, -0.2) is 23.9 Å². The van der Waals surface area contributed by atoms with E-state index >= 15 is 0 Å². The predicted octanol–water partition coefficient (Wildman–Crippen LogP) is -0.435. The van der Waals surface area contributed by atoms with E-state index in [4.69, 9.17) is 0 Å². The van der Waals surface area contributed by atoms with Crippen LogP contribution in [0.4, 0.5) is 0 Å². The summed E-state index contributed by atoms with van der Waals surface area (Å²) in [4.78, 5) is 0.135. The van der Waals surface area contributed by atoms with Gasteiger partial charge in [-0.25, -0.2) is 21.6 Å². The molecule has 0 aromatic heterocycles. The summed E-state index contributed by atoms with van der Waals surface area (Å²) in [5.74, 6) is 0. The van der Waals surface area contributed by atoms with Gasteiger partial charge in [0.1, 0.15) is 0 Å². The zero-order valence-electron chi connectivity index (χ0n) is 7.30. The van der Waals surface area contributed by atoms with Gasteiger partial charge in [0.15, 0.2) is 10.7 Å². The first-order valence-corrected chi connectivity index (χ1v) is 6.31. The van der Waals surface area contributed by atoms with Crippen LogP contribution >= 0.6 is 0 Å². The van der Waals surface area contributed by atoms with Gasteiger partial charge in [-0.05, 0) is 31.3 Å². The molecule has 14 heavy (non-hydrogen) atoms. The molecule has 1 N–H and O–H groups in total. The van der Waals surface area contributed by atoms with Gasteiger partial charge in [-0.3, -0.25) is 0 Å². The molecular formula is C7H9NO4S2. The van der Waals surface area contributed by atoms with E-state index in [-0.39, 0.29) is 9.79 Å². The van der Waals surface area contributed by atoms with Crippen molar-refractivity contribution in [3.63, 3.8) is 0 Å². The SMILES string of the molecule is CNS(=O)(=O)c1ccc([SH](=O)=O)cc1. The Kier molecular flexibility index (Phi) is 3.25. The summed E-state index contributed by atoms with van der Waals surface area (Å²) in [6.45, 7) is 0. The molecule has 0 saturated heterocycles. The van der Waals surface area contributed by atoms with Gasteiger partial charge >= 0.3 is 0 Å². The first-order chi connectivity index (χ1) is 6.47. The summed E-state index contributed by atoms with van der Waals surface area (Å²) in [5, 5.41) is 0. The third-order valence-electron chi connectivity index (χ3n) is 1.63. The van der Waals surface area contributed by atoms with Crippen molar-refractivity contribution in [3.05, 3.63) is 24.3 Å². The maximum Gasteiger partial charge on any atom is 0.240 e. The van der Waals surface area contributed by atoms with Crippen LogP contribution in [0, 0.1) is 0 Å². The molecule has 0 unspecified atom stereocenters. The molecule has 1 aromatic rings. The standard InChI is InChI=1S/C7H9NO4S2/c1-8-14(11,12)7-4-2-6(3-5-7)13(9)10/h2-5,8,13H,1H3. The Morgan fingerprint density at radius 3 is 2.00 bits per heavy atom. The summed E-state index contributed by atoms with van der Waals surface area (Å²) >= 11 is 0. The van der Waals surface area contributed by atoms with Crippen molar-refractivity contribution < 1.29 is 16.8 Å². The van der Waals surface area contributed by atoms with Gasteiger partial charge in [-0.1, -0.05) is 0 Å². The Bertz CT molecular complexity index is 479. The van der Waals surface area contributed by atoms with Crippen molar-refractivity contribution >= 4 is 20.7 Å². The van der Waals surface area contributed by atoms with Crippen LogP contribution < -0.4 is 4.72 Å². The highest BCUT2D eigenvalue weighted by atomic mass is 32.2. The highest BCUT2D eigenvalue weighted by Crippen LogP contribution is 2.10. The Labute approximate surface area is 83.8 Å². The van der Waals surface area contributed by atoms with E-state index in [0.717, 1.165) is 0 Å². The van der Waals surface area contributed by atoms with E-state index in [9.17, 15) is 16.8 Å². The average Bonchev–Trinajstić information content (AvgIpc) is 2.18. The van der Waals surface area contributed by atoms with Crippen LogP contribution in [0.3, 0.4) is 0 Å². The molecule has 0 radical (unpaired) electrons. The summed E-state index contributed by atoms with van der Waals surface area (Å²) in [6.07, 6.45) is 0. The Hall–Kier alpha value is -0.920. The fourth-order valence-electron chi connectivity index (χ4n) is 0.865. The molecule has 1 rings (SSSR count). The van der Waals surface area contributed by atoms with E-state index in [1.165, 1.54) is 31.3 Å². The highest BCUT2D eigenvalue weighted by molar-refractivity contribution is 7.89. The third-order valence-corrected chi connectivity index (χ3v) is 3.78. The first-order valence-electron chi connectivity index (χ1n) is 3.65. The Morgan fingerprint density at radius 1 is 1.14 bits per heavy atom. The lowest BCUT2D eigenvalue weighted by molar-refractivity contribution is 0.587. The fourth-order valence-corrected chi connectivity index (χ4v) is 1.99. The molecule has 78 valence electrons. The fraction of sp³-hybridized carbons (Fsp3) is 0.143. The minimum atomic E-state index is -3.49. The van der Waals surface area contributed by atoms with Crippen LogP contribution in [0.25, 0.3) is 0 Å². The Morgan fingerprint density at radius 2 is 1.64 bits per heavy atom. The molecule has 0 bridgehead atoms. The maximum absolute atomic E-state index is 11.2. The van der Waals surface area contributed by atoms with Crippen molar-refractivity contribution in [3.8, 4) is 0 Å². The van der Waals surface area contributed by atoms with Gasteiger partial charge in [0.2, 0.25) is 10.0 Å². The maximum atomic E-state index is 11.2. The number of hydrogen-bond acceptors (Lipinski definition) is 4. The van der Waals surface area contributed by atoms with E-state index < -0.39 is 20.7 Å². The second-order valence-electron chi connectivity index (χ2n) is 2.46. The van der Waals surface area contributed by atoms with E-state index in [1.54, 1.807) is 0 Å². The van der Waals surface area contributed by atoms with Gasteiger partial charge in [-0.2, -0.15) is 0 Å². The molecule has 0 aliphatic heterocycles. The number of thiol groups is 1. The zero-order valence-corrected chi connectivity index (χ0v) is 9.01. The number of sulfonamides is 1. The molecular weight excluding hydrogens is 226 g/mol. The molecule has 0 aliphatic carbocycles. The minimum absolute atomic E-state index is 0.0422. The van der Waals surface area contributed by atoms with E-state index in [0.29, 0.717) is 0 Å². The lowest BCUT2D eigenvalue weighted by atomic mass is 10.4. The molecule has 0 amide bonds. The molecule has 7 heteroatoms. The summed E-state index contributed by atoms with van der Waals surface area (Å²) in [5.41, 5.74) is 0. The lowest BCUT2D eigenvalue weighted by Crippen LogP contribution is -2.18. The van der Waals surface area contributed by atoms with Crippen LogP contribution in [0.15, 0.2) is 34.1 Å². The molecule has 1 aromatic carbocycles. The predicted molar refractivity (Wildman–Crippen MR) is 51.3 cm³/mol. The van der Waals surface area contributed by atoms with Gasteiger partial charge in [-0.15, -0.1) is 0 Å². The molecule has 0 fully saturated rings. The van der Waals surface area contributed by atoms with Crippen molar-refractivity contribution in [1.29, 1.82) is 0 Å².